The van der Waals surface area contributed by atoms with Crippen molar-refractivity contribution in [1.29, 1.82) is 0 Å². The van der Waals surface area contributed by atoms with Gasteiger partial charge in [-0.3, -0.25) is 4.79 Å². The van der Waals surface area contributed by atoms with Crippen molar-refractivity contribution in [3.8, 4) is 0 Å². The fourth-order valence-electron chi connectivity index (χ4n) is 1.26. The van der Waals surface area contributed by atoms with Crippen molar-refractivity contribution in [2.45, 2.75) is 6.42 Å². The molecule has 0 saturated carbocycles. The van der Waals surface area contributed by atoms with Crippen molar-refractivity contribution >= 4 is 18.1 Å². The first kappa shape index (κ1) is 13.8. The molecule has 94 valence electrons. The quantitative estimate of drug-likeness (QED) is 0.488. The molecule has 17 heavy (non-hydrogen) atoms. The third-order valence-corrected chi connectivity index (χ3v) is 2.43. The van der Waals surface area contributed by atoms with Crippen LogP contribution in [0.2, 0.25) is 0 Å². The Morgan fingerprint density at radius 1 is 1.53 bits per heavy atom. The van der Waals surface area contributed by atoms with E-state index in [1.165, 1.54) is 0 Å². The molecule has 3 N–H and O–H groups in total. The molecule has 5 nitrogen and oxygen atoms in total. The zero-order valence-corrected chi connectivity index (χ0v) is 10.3. The lowest BCUT2D eigenvalue weighted by molar-refractivity contribution is -0.120. The summed E-state index contributed by atoms with van der Waals surface area (Å²) in [7, 11) is 0. The first-order valence-corrected chi connectivity index (χ1v) is 5.76. The van der Waals surface area contributed by atoms with E-state index in [-0.39, 0.29) is 18.9 Å². The molecule has 6 heteroatoms. The SMILES string of the molecule is O=C(Cc1ccc[nH]c1=S)NCCOCCO. The van der Waals surface area contributed by atoms with Crippen molar-refractivity contribution in [1.82, 2.24) is 10.3 Å². The number of amides is 1. The van der Waals surface area contributed by atoms with Crippen LogP contribution in [-0.2, 0) is 16.0 Å². The number of pyridine rings is 1. The van der Waals surface area contributed by atoms with Crippen LogP contribution in [-0.4, -0.2) is 42.4 Å². The van der Waals surface area contributed by atoms with Gasteiger partial charge in [0.05, 0.1) is 26.2 Å². The van der Waals surface area contributed by atoms with Gasteiger partial charge in [0.15, 0.2) is 0 Å². The number of carbonyl (C=O) groups excluding carboxylic acids is 1. The van der Waals surface area contributed by atoms with Crippen LogP contribution in [0, 0.1) is 4.64 Å². The smallest absolute Gasteiger partial charge is 0.224 e. The lowest BCUT2D eigenvalue weighted by Crippen LogP contribution is -2.29. The number of aliphatic hydroxyl groups is 1. The molecule has 0 atom stereocenters. The fraction of sp³-hybridized carbons (Fsp3) is 0.455. The summed E-state index contributed by atoms with van der Waals surface area (Å²) in [6, 6.07) is 3.63. The lowest BCUT2D eigenvalue weighted by atomic mass is 10.2. The lowest BCUT2D eigenvalue weighted by Gasteiger charge is -2.05. The molecule has 0 spiro atoms. The third kappa shape index (κ3) is 5.58. The van der Waals surface area contributed by atoms with Crippen LogP contribution in [0.1, 0.15) is 5.56 Å². The standard InChI is InChI=1S/C11H16N2O3S/c14-5-7-16-6-4-12-10(15)8-9-2-1-3-13-11(9)17/h1-3,14H,4-8H2,(H,12,15)(H,13,17). The van der Waals surface area contributed by atoms with Crippen molar-refractivity contribution in [2.75, 3.05) is 26.4 Å². The molecule has 0 fully saturated rings. The number of hydrogen-bond donors (Lipinski definition) is 3. The number of nitrogens with one attached hydrogen (secondary N) is 2. The Morgan fingerprint density at radius 3 is 3.06 bits per heavy atom. The molecule has 1 aromatic heterocycles. The van der Waals surface area contributed by atoms with Crippen molar-refractivity contribution < 1.29 is 14.6 Å². The highest BCUT2D eigenvalue weighted by Crippen LogP contribution is 2.00. The van der Waals surface area contributed by atoms with Gasteiger partial charge in [0.25, 0.3) is 0 Å². The molecule has 0 radical (unpaired) electrons. The second-order valence-corrected chi connectivity index (χ2v) is 3.80. The molecule has 0 aromatic carbocycles. The van der Waals surface area contributed by atoms with E-state index in [0.29, 0.717) is 24.4 Å². The van der Waals surface area contributed by atoms with Crippen molar-refractivity contribution in [2.24, 2.45) is 0 Å². The highest BCUT2D eigenvalue weighted by Gasteiger charge is 2.03. The highest BCUT2D eigenvalue weighted by molar-refractivity contribution is 7.71. The summed E-state index contributed by atoms with van der Waals surface area (Å²) in [6.07, 6.45) is 1.99. The Kier molecular flexibility index (Phi) is 6.46. The Balaban J connectivity index is 2.26. The van der Waals surface area contributed by atoms with E-state index >= 15 is 0 Å². The maximum Gasteiger partial charge on any atom is 0.224 e. The predicted octanol–water partition coefficient (Wildman–Crippen LogP) is 0.412. The molecular formula is C11H16N2O3S. The molecule has 1 rings (SSSR count). The number of aromatic nitrogens is 1. The van der Waals surface area contributed by atoms with Crippen LogP contribution in [0.15, 0.2) is 18.3 Å². The summed E-state index contributed by atoms with van der Waals surface area (Å²) in [5, 5.41) is 11.2. The zero-order chi connectivity index (χ0) is 12.5. The summed E-state index contributed by atoms with van der Waals surface area (Å²) in [5.41, 5.74) is 0.802. The van der Waals surface area contributed by atoms with E-state index in [1.807, 2.05) is 12.1 Å². The van der Waals surface area contributed by atoms with Crippen LogP contribution in [0.25, 0.3) is 0 Å². The van der Waals surface area contributed by atoms with E-state index in [0.717, 1.165) is 5.56 Å². The van der Waals surface area contributed by atoms with Gasteiger partial charge >= 0.3 is 0 Å². The average molecular weight is 256 g/mol. The molecule has 0 aliphatic carbocycles. The van der Waals surface area contributed by atoms with Crippen LogP contribution in [0.4, 0.5) is 0 Å². The van der Waals surface area contributed by atoms with E-state index in [2.05, 4.69) is 10.3 Å². The predicted molar refractivity (Wildman–Crippen MR) is 66.2 cm³/mol. The summed E-state index contributed by atoms with van der Waals surface area (Å²) in [4.78, 5) is 14.4. The zero-order valence-electron chi connectivity index (χ0n) is 9.44. The van der Waals surface area contributed by atoms with Gasteiger partial charge in [-0.15, -0.1) is 0 Å². The number of rotatable bonds is 7. The van der Waals surface area contributed by atoms with Gasteiger partial charge in [-0.05, 0) is 11.6 Å². The molecule has 0 saturated heterocycles. The Hall–Kier alpha value is -1.24. The van der Waals surface area contributed by atoms with E-state index < -0.39 is 0 Å². The average Bonchev–Trinajstić information content (AvgIpc) is 2.32. The number of aromatic amines is 1. The summed E-state index contributed by atoms with van der Waals surface area (Å²) >= 11 is 5.05. The van der Waals surface area contributed by atoms with E-state index in [1.54, 1.807) is 6.20 Å². The molecule has 0 unspecified atom stereocenters. The normalized spacial score (nSPS) is 10.2. The van der Waals surface area contributed by atoms with E-state index in [9.17, 15) is 4.79 Å². The number of carbonyl (C=O) groups is 1. The minimum Gasteiger partial charge on any atom is -0.394 e. The van der Waals surface area contributed by atoms with Crippen molar-refractivity contribution in [3.05, 3.63) is 28.5 Å². The van der Waals surface area contributed by atoms with Crippen LogP contribution >= 0.6 is 12.2 Å². The Bertz CT molecular complexity index is 406. The summed E-state index contributed by atoms with van der Waals surface area (Å²) in [6.45, 7) is 1.11. The minimum absolute atomic E-state index is 0.00684. The second kappa shape index (κ2) is 7.94. The van der Waals surface area contributed by atoms with Gasteiger partial charge in [0.1, 0.15) is 4.64 Å². The number of aliphatic hydroxyl groups excluding tert-OH is 1. The highest BCUT2D eigenvalue weighted by atomic mass is 32.1. The Morgan fingerprint density at radius 2 is 2.35 bits per heavy atom. The molecule has 1 amide bonds. The van der Waals surface area contributed by atoms with Crippen LogP contribution in [0.5, 0.6) is 0 Å². The van der Waals surface area contributed by atoms with Crippen molar-refractivity contribution in [3.63, 3.8) is 0 Å². The number of H-pyrrole nitrogens is 1. The molecule has 0 aliphatic rings. The number of hydrogen-bond acceptors (Lipinski definition) is 4. The topological polar surface area (TPSA) is 74.4 Å². The summed E-state index contributed by atoms with van der Waals surface area (Å²) in [5.74, 6) is -0.0942. The van der Waals surface area contributed by atoms with E-state index in [4.69, 9.17) is 22.1 Å². The number of ether oxygens (including phenoxy) is 1. The molecule has 1 heterocycles. The van der Waals surface area contributed by atoms with Gasteiger partial charge in [-0.25, -0.2) is 0 Å². The minimum atomic E-state index is -0.0942. The first-order valence-electron chi connectivity index (χ1n) is 5.36. The first-order chi connectivity index (χ1) is 8.24. The van der Waals surface area contributed by atoms with Crippen LogP contribution in [0.3, 0.4) is 0 Å². The summed E-state index contributed by atoms with van der Waals surface area (Å²) < 4.78 is 5.60. The van der Waals surface area contributed by atoms with Gasteiger partial charge in [0, 0.05) is 12.7 Å². The Labute approximate surface area is 105 Å². The van der Waals surface area contributed by atoms with Crippen LogP contribution < -0.4 is 5.32 Å². The second-order valence-electron chi connectivity index (χ2n) is 3.39. The molecule has 0 bridgehead atoms. The van der Waals surface area contributed by atoms with Gasteiger partial charge in [-0.1, -0.05) is 18.3 Å². The maximum atomic E-state index is 11.5. The molecule has 0 aliphatic heterocycles. The third-order valence-electron chi connectivity index (χ3n) is 2.05. The fourth-order valence-corrected chi connectivity index (χ4v) is 1.47. The maximum absolute atomic E-state index is 11.5. The van der Waals surface area contributed by atoms with Gasteiger partial charge in [0.2, 0.25) is 5.91 Å². The molecular weight excluding hydrogens is 240 g/mol. The molecule has 1 aromatic rings. The van der Waals surface area contributed by atoms with Gasteiger partial charge in [-0.2, -0.15) is 0 Å². The largest absolute Gasteiger partial charge is 0.394 e. The van der Waals surface area contributed by atoms with Gasteiger partial charge < -0.3 is 20.1 Å². The monoisotopic (exact) mass is 256 g/mol.